The number of nitrogens with two attached hydrogens (primary N) is 1. The van der Waals surface area contributed by atoms with Gasteiger partial charge in [-0.2, -0.15) is 0 Å². The third-order valence-corrected chi connectivity index (χ3v) is 5.77. The average molecular weight is 367 g/mol. The number of piperidine rings is 1. The lowest BCUT2D eigenvalue weighted by Crippen LogP contribution is -2.56. The lowest BCUT2D eigenvalue weighted by Gasteiger charge is -2.42. The molecule has 25 heavy (non-hydrogen) atoms. The van der Waals surface area contributed by atoms with Crippen LogP contribution in [-0.4, -0.2) is 39.4 Å². The first-order valence-corrected chi connectivity index (χ1v) is 9.02. The van der Waals surface area contributed by atoms with Crippen molar-refractivity contribution in [2.45, 2.75) is 69.2 Å². The fourth-order valence-corrected chi connectivity index (χ4v) is 4.33. The van der Waals surface area contributed by atoms with Crippen LogP contribution in [-0.2, 0) is 16.6 Å². The van der Waals surface area contributed by atoms with E-state index >= 15 is 0 Å². The predicted octanol–water partition coefficient (Wildman–Crippen LogP) is 1.61. The van der Waals surface area contributed by atoms with Crippen LogP contribution in [0.2, 0.25) is 0 Å². The van der Waals surface area contributed by atoms with Crippen LogP contribution in [0, 0.1) is 0 Å². The molecule has 3 aliphatic rings. The quantitative estimate of drug-likeness (QED) is 0.831. The smallest absolute Gasteiger partial charge is 0.254 e. The maximum atomic E-state index is 12.6. The van der Waals surface area contributed by atoms with Gasteiger partial charge in [0.2, 0.25) is 5.91 Å². The molecule has 1 saturated heterocycles. The first kappa shape index (κ1) is 18.4. The molecule has 1 unspecified atom stereocenters. The fourth-order valence-electron chi connectivity index (χ4n) is 4.33. The van der Waals surface area contributed by atoms with Gasteiger partial charge in [0.25, 0.3) is 5.56 Å². The molecule has 138 valence electrons. The van der Waals surface area contributed by atoms with Crippen molar-refractivity contribution < 1.29 is 4.79 Å². The summed E-state index contributed by atoms with van der Waals surface area (Å²) < 4.78 is 0. The third-order valence-electron chi connectivity index (χ3n) is 5.77. The molecule has 1 atom stereocenters. The molecule has 1 aromatic heterocycles. The zero-order valence-electron chi connectivity index (χ0n) is 14.9. The molecular formula is C18H27ClN4O2. The van der Waals surface area contributed by atoms with Crippen LogP contribution in [0.5, 0.6) is 0 Å². The van der Waals surface area contributed by atoms with Gasteiger partial charge >= 0.3 is 0 Å². The van der Waals surface area contributed by atoms with Crippen LogP contribution in [0.1, 0.15) is 69.0 Å². The normalized spacial score (nSPS) is 25.6. The van der Waals surface area contributed by atoms with Gasteiger partial charge < -0.3 is 15.6 Å². The summed E-state index contributed by atoms with van der Waals surface area (Å²) in [5.41, 5.74) is 6.83. The summed E-state index contributed by atoms with van der Waals surface area (Å²) in [5.74, 6) is 1.26. The second-order valence-corrected chi connectivity index (χ2v) is 8.38. The van der Waals surface area contributed by atoms with Crippen LogP contribution in [0.3, 0.4) is 0 Å². The Labute approximate surface area is 154 Å². The molecule has 1 aromatic rings. The number of carbonyl (C=O) groups is 1. The first-order chi connectivity index (χ1) is 11.3. The Morgan fingerprint density at radius 2 is 2.08 bits per heavy atom. The SMILES string of the molecule is CC(C)(N)C(=O)N1CCCC2(CCc3c2nc(C2CC2)[nH]c3=O)C1.Cl. The highest BCUT2D eigenvalue weighted by Gasteiger charge is 2.47. The lowest BCUT2D eigenvalue weighted by atomic mass is 9.77. The number of nitrogens with one attached hydrogen (secondary N) is 1. The maximum Gasteiger partial charge on any atom is 0.254 e. The van der Waals surface area contributed by atoms with Crippen molar-refractivity contribution in [3.8, 4) is 0 Å². The largest absolute Gasteiger partial charge is 0.340 e. The summed E-state index contributed by atoms with van der Waals surface area (Å²) in [6, 6.07) is 0. The van der Waals surface area contributed by atoms with Crippen LogP contribution in [0.15, 0.2) is 4.79 Å². The number of carbonyl (C=O) groups excluding carboxylic acids is 1. The van der Waals surface area contributed by atoms with Crippen LogP contribution < -0.4 is 11.3 Å². The molecule has 1 amide bonds. The van der Waals surface area contributed by atoms with E-state index in [0.717, 1.165) is 62.2 Å². The number of H-pyrrole nitrogens is 1. The number of hydrogen-bond acceptors (Lipinski definition) is 4. The van der Waals surface area contributed by atoms with E-state index in [4.69, 9.17) is 10.7 Å². The van der Waals surface area contributed by atoms with E-state index < -0.39 is 5.54 Å². The summed E-state index contributed by atoms with van der Waals surface area (Å²) in [7, 11) is 0. The predicted molar refractivity (Wildman–Crippen MR) is 98.2 cm³/mol. The van der Waals surface area contributed by atoms with Crippen molar-refractivity contribution in [3.63, 3.8) is 0 Å². The lowest BCUT2D eigenvalue weighted by molar-refractivity contribution is -0.138. The van der Waals surface area contributed by atoms with Crippen molar-refractivity contribution >= 4 is 18.3 Å². The molecule has 7 heteroatoms. The minimum atomic E-state index is -0.860. The van der Waals surface area contributed by atoms with Gasteiger partial charge in [-0.3, -0.25) is 9.59 Å². The van der Waals surface area contributed by atoms with Crippen molar-refractivity contribution in [2.24, 2.45) is 5.73 Å². The minimum absolute atomic E-state index is 0. The average Bonchev–Trinajstić information content (AvgIpc) is 3.32. The summed E-state index contributed by atoms with van der Waals surface area (Å²) >= 11 is 0. The monoisotopic (exact) mass is 366 g/mol. The molecule has 3 N–H and O–H groups in total. The zero-order chi connectivity index (χ0) is 17.1. The number of aromatic nitrogens is 2. The zero-order valence-corrected chi connectivity index (χ0v) is 15.7. The van der Waals surface area contributed by atoms with Gasteiger partial charge in [0.15, 0.2) is 0 Å². The van der Waals surface area contributed by atoms with Crippen molar-refractivity contribution in [1.29, 1.82) is 0 Å². The van der Waals surface area contributed by atoms with Gasteiger partial charge in [-0.1, -0.05) is 0 Å². The van der Waals surface area contributed by atoms with E-state index in [1.807, 2.05) is 4.90 Å². The van der Waals surface area contributed by atoms with Gasteiger partial charge in [0, 0.05) is 30.0 Å². The summed E-state index contributed by atoms with van der Waals surface area (Å²) in [6.45, 7) is 4.90. The molecule has 2 heterocycles. The summed E-state index contributed by atoms with van der Waals surface area (Å²) in [5, 5.41) is 0. The van der Waals surface area contributed by atoms with Crippen molar-refractivity contribution in [3.05, 3.63) is 27.4 Å². The van der Waals surface area contributed by atoms with Crippen molar-refractivity contribution in [1.82, 2.24) is 14.9 Å². The number of amides is 1. The molecule has 0 aromatic carbocycles. The number of likely N-dealkylation sites (tertiary alicyclic amines) is 1. The number of rotatable bonds is 2. The Balaban J connectivity index is 0.00000182. The van der Waals surface area contributed by atoms with Crippen LogP contribution in [0.25, 0.3) is 0 Å². The van der Waals surface area contributed by atoms with E-state index in [1.54, 1.807) is 13.8 Å². The second-order valence-electron chi connectivity index (χ2n) is 8.38. The standard InChI is InChI=1S/C18H26N4O2.ClH/c1-17(2,19)16(24)22-9-3-7-18(10-22)8-6-12-13(18)20-14(11-4-5-11)21-15(12)23;/h11H,3-10,19H2,1-2H3,(H,20,21,23);1H. The van der Waals surface area contributed by atoms with E-state index in [1.165, 1.54) is 0 Å². The minimum Gasteiger partial charge on any atom is -0.340 e. The number of aromatic amines is 1. The Morgan fingerprint density at radius 1 is 1.36 bits per heavy atom. The first-order valence-electron chi connectivity index (χ1n) is 9.02. The van der Waals surface area contributed by atoms with Gasteiger partial charge in [-0.15, -0.1) is 12.4 Å². The molecule has 0 bridgehead atoms. The van der Waals surface area contributed by atoms with E-state index in [0.29, 0.717) is 12.5 Å². The van der Waals surface area contributed by atoms with Crippen LogP contribution in [0.4, 0.5) is 0 Å². The number of nitrogens with zero attached hydrogens (tertiary/aromatic N) is 2. The Bertz CT molecular complexity index is 750. The Kier molecular flexibility index (Phi) is 4.48. The Hall–Kier alpha value is -1.40. The van der Waals surface area contributed by atoms with E-state index in [2.05, 4.69) is 4.98 Å². The molecule has 2 aliphatic carbocycles. The van der Waals surface area contributed by atoms with Gasteiger partial charge in [-0.05, 0) is 52.4 Å². The highest BCUT2D eigenvalue weighted by atomic mass is 35.5. The Morgan fingerprint density at radius 3 is 2.72 bits per heavy atom. The number of halogens is 1. The topological polar surface area (TPSA) is 92.1 Å². The summed E-state index contributed by atoms with van der Waals surface area (Å²) in [6.07, 6.45) is 5.82. The fraction of sp³-hybridized carbons (Fsp3) is 0.722. The molecule has 1 aliphatic heterocycles. The van der Waals surface area contributed by atoms with E-state index in [9.17, 15) is 9.59 Å². The number of fused-ring (bicyclic) bond motifs is 2. The molecule has 1 saturated carbocycles. The maximum absolute atomic E-state index is 12.6. The highest BCUT2D eigenvalue weighted by molar-refractivity contribution is 5.85. The molecule has 6 nitrogen and oxygen atoms in total. The molecule has 2 fully saturated rings. The highest BCUT2D eigenvalue weighted by Crippen LogP contribution is 2.45. The van der Waals surface area contributed by atoms with Crippen molar-refractivity contribution in [2.75, 3.05) is 13.1 Å². The van der Waals surface area contributed by atoms with E-state index in [-0.39, 0.29) is 29.3 Å². The van der Waals surface area contributed by atoms with Gasteiger partial charge in [0.1, 0.15) is 5.82 Å². The third kappa shape index (κ3) is 3.10. The van der Waals surface area contributed by atoms with Gasteiger partial charge in [0.05, 0.1) is 11.2 Å². The van der Waals surface area contributed by atoms with Crippen LogP contribution >= 0.6 is 12.4 Å². The summed E-state index contributed by atoms with van der Waals surface area (Å²) in [4.78, 5) is 34.9. The number of hydrogen-bond donors (Lipinski definition) is 2. The molecule has 4 rings (SSSR count). The molecule has 1 spiro atoms. The molecule has 0 radical (unpaired) electrons. The second kappa shape index (κ2) is 6.09. The van der Waals surface area contributed by atoms with Gasteiger partial charge in [-0.25, -0.2) is 4.98 Å². The molecular weight excluding hydrogens is 340 g/mol.